The Hall–Kier alpha value is -6.66. The zero-order valence-corrected chi connectivity index (χ0v) is 47.9. The molecule has 18 nitrogen and oxygen atoms in total. The van der Waals surface area contributed by atoms with Crippen LogP contribution in [0.15, 0.2) is 84.9 Å². The van der Waals surface area contributed by atoms with Crippen molar-refractivity contribution in [1.29, 1.82) is 0 Å². The third-order valence-corrected chi connectivity index (χ3v) is 15.0. The highest BCUT2D eigenvalue weighted by Gasteiger charge is 2.42. The molecule has 0 spiro atoms. The molecule has 426 valence electrons. The number of amides is 8. The second-order valence-electron chi connectivity index (χ2n) is 23.0. The minimum atomic E-state index is -0.763. The van der Waals surface area contributed by atoms with Gasteiger partial charge in [-0.1, -0.05) is 102 Å². The van der Waals surface area contributed by atoms with E-state index in [9.17, 15) is 38.4 Å². The maximum atomic E-state index is 14.2. The lowest BCUT2D eigenvalue weighted by Gasteiger charge is -2.37. The number of hydrogen-bond acceptors (Lipinski definition) is 10. The van der Waals surface area contributed by atoms with Crippen LogP contribution in [0, 0.1) is 10.8 Å². The molecule has 2 aliphatic heterocycles. The average Bonchev–Trinajstić information content (AvgIpc) is 4.11. The predicted molar refractivity (Wildman–Crippen MR) is 303 cm³/mol. The molecule has 2 aliphatic rings. The largest absolute Gasteiger partial charge is 0.352 e. The van der Waals surface area contributed by atoms with E-state index >= 15 is 0 Å². The Kier molecular flexibility index (Phi) is 23.4. The molecule has 3 aromatic rings. The van der Waals surface area contributed by atoms with Crippen molar-refractivity contribution in [3.05, 3.63) is 107 Å². The van der Waals surface area contributed by atoms with Crippen molar-refractivity contribution in [2.45, 2.75) is 143 Å². The van der Waals surface area contributed by atoms with E-state index in [1.165, 1.54) is 0 Å². The quantitative estimate of drug-likeness (QED) is 0.0669. The van der Waals surface area contributed by atoms with Gasteiger partial charge in [-0.05, 0) is 113 Å². The Morgan fingerprint density at radius 1 is 0.538 bits per heavy atom. The topological polar surface area (TPSA) is 222 Å². The Bertz CT molecular complexity index is 2310. The third-order valence-electron chi connectivity index (χ3n) is 15.0. The average molecular weight is 1080 g/mol. The molecule has 0 bridgehead atoms. The first-order chi connectivity index (χ1) is 37.0. The summed E-state index contributed by atoms with van der Waals surface area (Å²) < 4.78 is 0. The summed E-state index contributed by atoms with van der Waals surface area (Å²) in [5.41, 5.74) is 1.61. The number of likely N-dealkylation sites (N-methyl/N-ethyl adjacent to an activating group) is 2. The van der Waals surface area contributed by atoms with E-state index in [4.69, 9.17) is 0 Å². The Balaban J connectivity index is 1.16. The summed E-state index contributed by atoms with van der Waals surface area (Å²) in [4.78, 5) is 116. The molecule has 0 radical (unpaired) electrons. The Labute approximate surface area is 462 Å². The summed E-state index contributed by atoms with van der Waals surface area (Å²) in [6.45, 7) is 17.7. The van der Waals surface area contributed by atoms with E-state index in [1.54, 1.807) is 62.0 Å². The molecule has 6 atom stereocenters. The summed E-state index contributed by atoms with van der Waals surface area (Å²) in [6.07, 6.45) is 4.21. The summed E-state index contributed by atoms with van der Waals surface area (Å²) in [7, 11) is 3.39. The lowest BCUT2D eigenvalue weighted by atomic mass is 9.85. The molecule has 2 saturated heterocycles. The molecular weight excluding hydrogens is 989 g/mol. The van der Waals surface area contributed by atoms with E-state index in [2.05, 4.69) is 31.9 Å². The van der Waals surface area contributed by atoms with Gasteiger partial charge >= 0.3 is 0 Å². The molecular formula is C60H88N10O8. The van der Waals surface area contributed by atoms with Gasteiger partial charge in [0.25, 0.3) is 11.8 Å². The van der Waals surface area contributed by atoms with Crippen molar-refractivity contribution >= 4 is 47.3 Å². The molecule has 0 saturated carbocycles. The van der Waals surface area contributed by atoms with Gasteiger partial charge in [0.2, 0.25) is 35.4 Å². The number of hydrogen-bond donors (Lipinski definition) is 6. The lowest BCUT2D eigenvalue weighted by molar-refractivity contribution is -0.142. The van der Waals surface area contributed by atoms with Crippen molar-refractivity contribution in [2.75, 3.05) is 66.5 Å². The molecule has 2 fully saturated rings. The number of nitrogens with zero attached hydrogens (tertiary/aromatic N) is 4. The van der Waals surface area contributed by atoms with Crippen LogP contribution in [0.1, 0.15) is 126 Å². The van der Waals surface area contributed by atoms with Gasteiger partial charge in [0.05, 0.1) is 12.1 Å². The van der Waals surface area contributed by atoms with Crippen molar-refractivity contribution in [1.82, 2.24) is 51.5 Å². The highest BCUT2D eigenvalue weighted by molar-refractivity contribution is 5.98. The minimum absolute atomic E-state index is 0.0254. The van der Waals surface area contributed by atoms with Crippen LogP contribution in [0.2, 0.25) is 0 Å². The summed E-state index contributed by atoms with van der Waals surface area (Å²) in [6, 6.07) is 22.9. The molecule has 0 aromatic heterocycles. The van der Waals surface area contributed by atoms with E-state index in [0.717, 1.165) is 24.0 Å². The SMILES string of the molecule is CN[C@@H](C)C(=O)N[C@H](C(=O)N1CCC[C@H]1CN(CCc1ccccc1)C(=O)CCNC(=O)c1ccc(C(=O)NCCC(=O)N(CCc2ccccc2)C[C@@H]2CCCN2C(=O)[C@@H](NC(=O)[C@H](C)NC)C(C)(C)C)cc1)C(C)(C)C. The summed E-state index contributed by atoms with van der Waals surface area (Å²) >= 11 is 0. The van der Waals surface area contributed by atoms with Crippen LogP contribution < -0.4 is 31.9 Å². The van der Waals surface area contributed by atoms with Crippen LogP contribution in [-0.4, -0.2) is 170 Å². The maximum Gasteiger partial charge on any atom is 0.251 e. The first kappa shape index (κ1) is 62.2. The molecule has 6 N–H and O–H groups in total. The summed E-state index contributed by atoms with van der Waals surface area (Å²) in [5.74, 6) is -2.03. The maximum absolute atomic E-state index is 14.2. The second-order valence-corrected chi connectivity index (χ2v) is 23.0. The lowest BCUT2D eigenvalue weighted by Crippen LogP contribution is -2.59. The van der Waals surface area contributed by atoms with Crippen LogP contribution in [0.4, 0.5) is 0 Å². The minimum Gasteiger partial charge on any atom is -0.352 e. The highest BCUT2D eigenvalue weighted by atomic mass is 16.2. The zero-order valence-electron chi connectivity index (χ0n) is 47.9. The van der Waals surface area contributed by atoms with Crippen LogP contribution in [-0.2, 0) is 41.6 Å². The van der Waals surface area contributed by atoms with E-state index in [1.807, 2.05) is 112 Å². The smallest absolute Gasteiger partial charge is 0.251 e. The number of likely N-dealkylation sites (tertiary alicyclic amines) is 2. The van der Waals surface area contributed by atoms with Gasteiger partial charge in [0.15, 0.2) is 0 Å². The van der Waals surface area contributed by atoms with Crippen molar-refractivity contribution in [3.63, 3.8) is 0 Å². The number of benzene rings is 3. The monoisotopic (exact) mass is 1080 g/mol. The van der Waals surface area contributed by atoms with Gasteiger partial charge < -0.3 is 51.5 Å². The fraction of sp³-hybridized carbons (Fsp3) is 0.567. The number of carbonyl (C=O) groups is 8. The van der Waals surface area contributed by atoms with Gasteiger partial charge in [0.1, 0.15) is 12.1 Å². The van der Waals surface area contributed by atoms with Gasteiger partial charge in [-0.3, -0.25) is 38.4 Å². The first-order valence-electron chi connectivity index (χ1n) is 27.9. The predicted octanol–water partition coefficient (Wildman–Crippen LogP) is 4.33. The van der Waals surface area contributed by atoms with Crippen LogP contribution in [0.25, 0.3) is 0 Å². The second kappa shape index (κ2) is 29.4. The van der Waals surface area contributed by atoms with Crippen LogP contribution >= 0.6 is 0 Å². The van der Waals surface area contributed by atoms with Crippen molar-refractivity contribution in [2.24, 2.45) is 10.8 Å². The van der Waals surface area contributed by atoms with E-state index in [-0.39, 0.29) is 73.5 Å². The van der Waals surface area contributed by atoms with Gasteiger partial charge in [-0.25, -0.2) is 0 Å². The number of carbonyl (C=O) groups excluding carboxylic acids is 8. The molecule has 0 aliphatic carbocycles. The van der Waals surface area contributed by atoms with Crippen molar-refractivity contribution in [3.8, 4) is 0 Å². The molecule has 3 aromatic carbocycles. The third kappa shape index (κ3) is 18.2. The fourth-order valence-electron chi connectivity index (χ4n) is 9.88. The summed E-state index contributed by atoms with van der Waals surface area (Å²) in [5, 5.41) is 17.5. The van der Waals surface area contributed by atoms with Crippen LogP contribution in [0.3, 0.4) is 0 Å². The normalized spacial score (nSPS) is 17.1. The molecule has 2 heterocycles. The molecule has 8 amide bonds. The van der Waals surface area contributed by atoms with Crippen molar-refractivity contribution < 1.29 is 38.4 Å². The number of nitrogens with one attached hydrogen (secondary N) is 6. The highest BCUT2D eigenvalue weighted by Crippen LogP contribution is 2.28. The van der Waals surface area contributed by atoms with E-state index in [0.29, 0.717) is 76.1 Å². The van der Waals surface area contributed by atoms with Crippen LogP contribution in [0.5, 0.6) is 0 Å². The fourth-order valence-corrected chi connectivity index (χ4v) is 9.88. The molecule has 18 heteroatoms. The van der Waals surface area contributed by atoms with E-state index < -0.39 is 46.8 Å². The Morgan fingerprint density at radius 3 is 1.21 bits per heavy atom. The molecule has 5 rings (SSSR count). The Morgan fingerprint density at radius 2 is 0.885 bits per heavy atom. The zero-order chi connectivity index (χ0) is 57.2. The van der Waals surface area contributed by atoms with Gasteiger partial charge in [-0.15, -0.1) is 0 Å². The number of rotatable bonds is 26. The van der Waals surface area contributed by atoms with Gasteiger partial charge in [-0.2, -0.15) is 0 Å². The van der Waals surface area contributed by atoms with Gasteiger partial charge in [0, 0.05) is 88.4 Å². The standard InChI is InChI=1S/C60H88N10O8/c1-41(61-9)53(73)65-51(59(3,4)5)57(77)69-35-17-23-47(69)39-67(37-31-43-19-13-11-14-20-43)49(71)29-33-63-55(75)45-25-27-46(28-26-45)56(76)64-34-30-50(72)68(38-32-44-21-15-12-16-22-44)40-48-24-18-36-70(48)58(78)52(60(6,7)8)66-54(74)42(2)62-10/h11-16,19-22,25-28,41-42,47-48,51-52,61-62H,17-18,23-24,29-40H2,1-10H3,(H,63,75)(H,64,76)(H,65,73)(H,66,74)/t41-,42-,47-,48-,51+,52+/m0/s1. The first-order valence-corrected chi connectivity index (χ1v) is 27.9. The molecule has 78 heavy (non-hydrogen) atoms. The molecule has 0 unspecified atom stereocenters.